The van der Waals surface area contributed by atoms with Crippen molar-refractivity contribution in [3.8, 4) is 0 Å². The van der Waals surface area contributed by atoms with E-state index in [0.29, 0.717) is 23.4 Å². The fourth-order valence-corrected chi connectivity index (χ4v) is 2.67. The Morgan fingerprint density at radius 1 is 1.39 bits per heavy atom. The van der Waals surface area contributed by atoms with Crippen molar-refractivity contribution >= 4 is 29.3 Å². The van der Waals surface area contributed by atoms with E-state index in [1.165, 1.54) is 11.8 Å². The molecule has 1 aliphatic carbocycles. The minimum atomic E-state index is 0.0356. The minimum Gasteiger partial charge on any atom is -0.395 e. The molecule has 0 aromatic heterocycles. The molecule has 0 atom stereocenters. The van der Waals surface area contributed by atoms with Crippen LogP contribution in [0, 0.1) is 0 Å². The van der Waals surface area contributed by atoms with Crippen LogP contribution in [0.3, 0.4) is 0 Å². The number of hydrogen-bond donors (Lipinski definition) is 1. The first kappa shape index (κ1) is 13.7. The lowest BCUT2D eigenvalue weighted by Gasteiger charge is -2.21. The number of amides is 1. The van der Waals surface area contributed by atoms with Crippen LogP contribution in [0.2, 0.25) is 5.02 Å². The number of aliphatic hydroxyl groups is 1. The Morgan fingerprint density at radius 2 is 2.06 bits per heavy atom. The Hall–Kier alpha value is -0.710. The standard InChI is InChI=1S/C13H16ClNO2S/c14-10-1-5-12(6-2-10)18-9-13(17)15(7-8-16)11-3-4-11/h1-2,5-6,11,16H,3-4,7-9H2. The fraction of sp³-hybridized carbons (Fsp3) is 0.462. The molecule has 0 bridgehead atoms. The van der Waals surface area contributed by atoms with E-state index in [1.54, 1.807) is 4.90 Å². The van der Waals surface area contributed by atoms with Gasteiger partial charge in [0, 0.05) is 22.5 Å². The van der Waals surface area contributed by atoms with Gasteiger partial charge in [0.1, 0.15) is 0 Å². The van der Waals surface area contributed by atoms with E-state index < -0.39 is 0 Å². The molecule has 0 radical (unpaired) electrons. The van der Waals surface area contributed by atoms with Crippen LogP contribution >= 0.6 is 23.4 Å². The number of carbonyl (C=O) groups is 1. The van der Waals surface area contributed by atoms with Gasteiger partial charge in [0.25, 0.3) is 0 Å². The van der Waals surface area contributed by atoms with E-state index in [1.807, 2.05) is 24.3 Å². The zero-order valence-electron chi connectivity index (χ0n) is 10.0. The molecular formula is C13H16ClNO2S. The van der Waals surface area contributed by atoms with E-state index in [-0.39, 0.29) is 12.5 Å². The normalized spacial score (nSPS) is 14.6. The highest BCUT2D eigenvalue weighted by Gasteiger charge is 2.31. The van der Waals surface area contributed by atoms with Crippen molar-refractivity contribution in [2.24, 2.45) is 0 Å². The first-order valence-corrected chi connectivity index (χ1v) is 7.36. The highest BCUT2D eigenvalue weighted by atomic mass is 35.5. The van der Waals surface area contributed by atoms with Crippen LogP contribution in [0.1, 0.15) is 12.8 Å². The fourth-order valence-electron chi connectivity index (χ4n) is 1.76. The number of benzene rings is 1. The van der Waals surface area contributed by atoms with Crippen molar-refractivity contribution in [1.82, 2.24) is 4.90 Å². The van der Waals surface area contributed by atoms with E-state index in [2.05, 4.69) is 0 Å². The van der Waals surface area contributed by atoms with E-state index >= 15 is 0 Å². The van der Waals surface area contributed by atoms with Gasteiger partial charge in [-0.3, -0.25) is 4.79 Å². The summed E-state index contributed by atoms with van der Waals surface area (Å²) in [4.78, 5) is 14.9. The number of hydrogen-bond acceptors (Lipinski definition) is 3. The van der Waals surface area contributed by atoms with Gasteiger partial charge >= 0.3 is 0 Å². The summed E-state index contributed by atoms with van der Waals surface area (Å²) in [6, 6.07) is 7.82. The highest BCUT2D eigenvalue weighted by Crippen LogP contribution is 2.28. The molecule has 1 N–H and O–H groups in total. The first-order valence-electron chi connectivity index (χ1n) is 5.99. The van der Waals surface area contributed by atoms with Crippen molar-refractivity contribution < 1.29 is 9.90 Å². The second-order valence-electron chi connectivity index (χ2n) is 4.28. The largest absolute Gasteiger partial charge is 0.395 e. The lowest BCUT2D eigenvalue weighted by atomic mass is 10.4. The molecule has 1 amide bonds. The maximum absolute atomic E-state index is 12.0. The van der Waals surface area contributed by atoms with Gasteiger partial charge in [-0.1, -0.05) is 11.6 Å². The molecule has 5 heteroatoms. The number of nitrogens with zero attached hydrogens (tertiary/aromatic N) is 1. The molecule has 0 saturated heterocycles. The molecule has 3 nitrogen and oxygen atoms in total. The van der Waals surface area contributed by atoms with Crippen LogP contribution in [0.4, 0.5) is 0 Å². The van der Waals surface area contributed by atoms with Crippen molar-refractivity contribution in [3.05, 3.63) is 29.3 Å². The van der Waals surface area contributed by atoms with Crippen LogP contribution in [0.5, 0.6) is 0 Å². The summed E-state index contributed by atoms with van der Waals surface area (Å²) in [5, 5.41) is 9.66. The third-order valence-corrected chi connectivity index (χ3v) is 4.07. The summed E-state index contributed by atoms with van der Waals surface area (Å²) in [6.45, 7) is 0.485. The van der Waals surface area contributed by atoms with Gasteiger partial charge in [0.05, 0.1) is 12.4 Å². The second kappa shape index (κ2) is 6.45. The molecule has 98 valence electrons. The molecule has 1 aromatic carbocycles. The van der Waals surface area contributed by atoms with Crippen LogP contribution in [-0.2, 0) is 4.79 Å². The van der Waals surface area contributed by atoms with Crippen LogP contribution < -0.4 is 0 Å². The maximum atomic E-state index is 12.0. The quantitative estimate of drug-likeness (QED) is 0.816. The molecular weight excluding hydrogens is 270 g/mol. The number of rotatable bonds is 6. The molecule has 0 unspecified atom stereocenters. The third kappa shape index (κ3) is 3.90. The lowest BCUT2D eigenvalue weighted by molar-refractivity contribution is -0.129. The Labute approximate surface area is 116 Å². The van der Waals surface area contributed by atoms with Crippen molar-refractivity contribution in [3.63, 3.8) is 0 Å². The zero-order valence-corrected chi connectivity index (χ0v) is 11.6. The minimum absolute atomic E-state index is 0.0356. The van der Waals surface area contributed by atoms with Crippen LogP contribution in [0.15, 0.2) is 29.2 Å². The summed E-state index contributed by atoms with van der Waals surface area (Å²) in [5.41, 5.74) is 0. The third-order valence-electron chi connectivity index (χ3n) is 2.82. The van der Waals surface area contributed by atoms with Crippen molar-refractivity contribution in [2.75, 3.05) is 18.9 Å². The predicted octanol–water partition coefficient (Wildman–Crippen LogP) is 2.42. The maximum Gasteiger partial charge on any atom is 0.233 e. The Kier molecular flexibility index (Phi) is 4.92. The van der Waals surface area contributed by atoms with Gasteiger partial charge in [-0.25, -0.2) is 0 Å². The molecule has 1 fully saturated rings. The van der Waals surface area contributed by atoms with Crippen LogP contribution in [-0.4, -0.2) is 40.9 Å². The van der Waals surface area contributed by atoms with E-state index in [9.17, 15) is 4.79 Å². The molecule has 1 aromatic rings. The van der Waals surface area contributed by atoms with Gasteiger partial charge < -0.3 is 10.0 Å². The molecule has 1 saturated carbocycles. The molecule has 2 rings (SSSR count). The molecule has 0 spiro atoms. The average Bonchev–Trinajstić information content (AvgIpc) is 3.19. The highest BCUT2D eigenvalue weighted by molar-refractivity contribution is 8.00. The predicted molar refractivity (Wildman–Crippen MR) is 74.0 cm³/mol. The molecule has 0 heterocycles. The van der Waals surface area contributed by atoms with E-state index in [0.717, 1.165) is 17.7 Å². The SMILES string of the molecule is O=C(CSc1ccc(Cl)cc1)N(CCO)C1CC1. The van der Waals surface area contributed by atoms with E-state index in [4.69, 9.17) is 16.7 Å². The van der Waals surface area contributed by atoms with Gasteiger partial charge in [-0.05, 0) is 37.1 Å². The van der Waals surface area contributed by atoms with Crippen molar-refractivity contribution in [1.29, 1.82) is 0 Å². The Balaban J connectivity index is 1.84. The summed E-state index contributed by atoms with van der Waals surface area (Å²) < 4.78 is 0. The number of halogens is 1. The lowest BCUT2D eigenvalue weighted by Crippen LogP contribution is -2.36. The van der Waals surface area contributed by atoms with Gasteiger partial charge in [0.2, 0.25) is 5.91 Å². The number of thioether (sulfide) groups is 1. The molecule has 18 heavy (non-hydrogen) atoms. The number of carbonyl (C=O) groups excluding carboxylic acids is 1. The summed E-state index contributed by atoms with van der Waals surface area (Å²) in [7, 11) is 0. The monoisotopic (exact) mass is 285 g/mol. The average molecular weight is 286 g/mol. The topological polar surface area (TPSA) is 40.5 Å². The summed E-state index contributed by atoms with van der Waals surface area (Å²) in [6.07, 6.45) is 2.13. The van der Waals surface area contributed by atoms with Gasteiger partial charge in [-0.2, -0.15) is 0 Å². The van der Waals surface area contributed by atoms with Gasteiger partial charge in [-0.15, -0.1) is 11.8 Å². The zero-order chi connectivity index (χ0) is 13.0. The Morgan fingerprint density at radius 3 is 2.61 bits per heavy atom. The van der Waals surface area contributed by atoms with Crippen molar-refractivity contribution in [2.45, 2.75) is 23.8 Å². The number of aliphatic hydroxyl groups excluding tert-OH is 1. The first-order chi connectivity index (χ1) is 8.70. The van der Waals surface area contributed by atoms with Gasteiger partial charge in [0.15, 0.2) is 0 Å². The summed E-state index contributed by atoms with van der Waals surface area (Å²) in [5.74, 6) is 0.518. The molecule has 0 aliphatic heterocycles. The summed E-state index contributed by atoms with van der Waals surface area (Å²) >= 11 is 7.31. The smallest absolute Gasteiger partial charge is 0.233 e. The van der Waals surface area contributed by atoms with Crippen LogP contribution in [0.25, 0.3) is 0 Å². The Bertz CT molecular complexity index is 406. The second-order valence-corrected chi connectivity index (χ2v) is 5.77. The molecule has 1 aliphatic rings.